The molecule has 90 valence electrons. The Morgan fingerprint density at radius 1 is 1.25 bits per heavy atom. The first-order chi connectivity index (χ1) is 7.70. The van der Waals surface area contributed by atoms with Crippen molar-refractivity contribution in [3.8, 4) is 0 Å². The van der Waals surface area contributed by atoms with E-state index in [0.29, 0.717) is 24.2 Å². The van der Waals surface area contributed by atoms with Crippen LogP contribution in [0.5, 0.6) is 0 Å². The first-order valence-electron chi connectivity index (χ1n) is 5.46. The summed E-state index contributed by atoms with van der Waals surface area (Å²) in [5, 5.41) is 0.384. The Labute approximate surface area is 107 Å². The molecule has 0 spiro atoms. The molecule has 0 saturated carbocycles. The molecule has 0 aliphatic carbocycles. The summed E-state index contributed by atoms with van der Waals surface area (Å²) in [6.07, 6.45) is 0. The third kappa shape index (κ3) is 2.71. The van der Waals surface area contributed by atoms with Crippen LogP contribution < -0.4 is 0 Å². The second-order valence-electron chi connectivity index (χ2n) is 4.06. The molecular formula is C10H16BrN2O2S+. The molecule has 3 saturated heterocycles. The number of alkyl halides is 1. The van der Waals surface area contributed by atoms with Gasteiger partial charge in [0.2, 0.25) is 5.91 Å². The Kier molecular flexibility index (Phi) is 4.13. The number of amides is 2. The van der Waals surface area contributed by atoms with Crippen LogP contribution in [0.4, 0.5) is 0 Å². The standard InChI is InChI=1S/C10H16BrN2O2S/c11-7-9(14)12-1-2-13-4-6-16(5-3-12)8-10(13)15/h1-8H2/q+1. The molecule has 3 fully saturated rings. The second-order valence-corrected chi connectivity index (χ2v) is 6.95. The summed E-state index contributed by atoms with van der Waals surface area (Å²) in [5.74, 6) is 3.25. The third-order valence-electron chi connectivity index (χ3n) is 3.09. The molecule has 6 heteroatoms. The predicted molar refractivity (Wildman–Crippen MR) is 68.9 cm³/mol. The van der Waals surface area contributed by atoms with Gasteiger partial charge < -0.3 is 9.80 Å². The van der Waals surface area contributed by atoms with Gasteiger partial charge in [-0.2, -0.15) is 0 Å². The highest BCUT2D eigenvalue weighted by Gasteiger charge is 2.35. The van der Waals surface area contributed by atoms with E-state index in [-0.39, 0.29) is 22.7 Å². The molecule has 0 aromatic carbocycles. The number of carbonyl (C=O) groups is 2. The molecular weight excluding hydrogens is 292 g/mol. The summed E-state index contributed by atoms with van der Waals surface area (Å²) in [6, 6.07) is 0. The predicted octanol–water partition coefficient (Wildman–Crippen LogP) is -0.316. The molecule has 16 heavy (non-hydrogen) atoms. The SMILES string of the molecule is O=C(CBr)N1CCN2CC[S+](CC1)CC2=O. The summed E-state index contributed by atoms with van der Waals surface area (Å²) < 4.78 is 0. The van der Waals surface area contributed by atoms with Crippen LogP contribution in [0.1, 0.15) is 0 Å². The Hall–Kier alpha value is -0.230. The monoisotopic (exact) mass is 307 g/mol. The first kappa shape index (κ1) is 12.2. The van der Waals surface area contributed by atoms with Crippen LogP contribution in [0.15, 0.2) is 0 Å². The van der Waals surface area contributed by atoms with E-state index >= 15 is 0 Å². The molecule has 0 radical (unpaired) electrons. The van der Waals surface area contributed by atoms with Gasteiger partial charge in [-0.1, -0.05) is 15.9 Å². The molecule has 4 nitrogen and oxygen atoms in total. The first-order valence-corrected chi connectivity index (χ1v) is 8.31. The summed E-state index contributed by atoms with van der Waals surface area (Å²) in [6.45, 7) is 3.09. The maximum Gasteiger partial charge on any atom is 0.272 e. The zero-order valence-corrected chi connectivity index (χ0v) is 11.6. The van der Waals surface area contributed by atoms with Gasteiger partial charge in [0.05, 0.1) is 18.4 Å². The molecule has 0 aromatic rings. The maximum atomic E-state index is 11.7. The fourth-order valence-corrected chi connectivity index (χ4v) is 4.38. The molecule has 3 aliphatic rings. The number of fused-ring (bicyclic) bond motifs is 6. The largest absolute Gasteiger partial charge is 0.335 e. The van der Waals surface area contributed by atoms with Crippen LogP contribution in [0.2, 0.25) is 0 Å². The number of halogens is 1. The van der Waals surface area contributed by atoms with Gasteiger partial charge in [-0.25, -0.2) is 0 Å². The van der Waals surface area contributed by atoms with E-state index in [9.17, 15) is 9.59 Å². The van der Waals surface area contributed by atoms with Crippen molar-refractivity contribution in [3.05, 3.63) is 0 Å². The van der Waals surface area contributed by atoms with E-state index in [1.807, 2.05) is 9.80 Å². The van der Waals surface area contributed by atoms with E-state index in [2.05, 4.69) is 15.9 Å². The number of hydrogen-bond acceptors (Lipinski definition) is 2. The van der Waals surface area contributed by atoms with Crippen molar-refractivity contribution in [1.82, 2.24) is 9.80 Å². The molecule has 1 atom stereocenters. The van der Waals surface area contributed by atoms with Crippen molar-refractivity contribution >= 4 is 38.6 Å². The zero-order chi connectivity index (χ0) is 11.5. The van der Waals surface area contributed by atoms with E-state index < -0.39 is 0 Å². The van der Waals surface area contributed by atoms with Crippen molar-refractivity contribution in [1.29, 1.82) is 0 Å². The van der Waals surface area contributed by atoms with Crippen molar-refractivity contribution in [2.75, 3.05) is 48.8 Å². The Morgan fingerprint density at radius 3 is 2.69 bits per heavy atom. The smallest absolute Gasteiger partial charge is 0.272 e. The lowest BCUT2D eigenvalue weighted by Crippen LogP contribution is -2.46. The Morgan fingerprint density at radius 2 is 2.00 bits per heavy atom. The normalized spacial score (nSPS) is 26.3. The topological polar surface area (TPSA) is 40.6 Å². The van der Waals surface area contributed by atoms with Gasteiger partial charge in [-0.15, -0.1) is 0 Å². The number of carbonyl (C=O) groups excluding carboxylic acids is 2. The number of hydrogen-bond donors (Lipinski definition) is 0. The average molecular weight is 308 g/mol. The van der Waals surface area contributed by atoms with Crippen LogP contribution in [-0.2, 0) is 20.5 Å². The zero-order valence-electron chi connectivity index (χ0n) is 9.15. The molecule has 0 N–H and O–H groups in total. The van der Waals surface area contributed by atoms with E-state index in [1.165, 1.54) is 0 Å². The van der Waals surface area contributed by atoms with Crippen LogP contribution in [0.25, 0.3) is 0 Å². The summed E-state index contributed by atoms with van der Waals surface area (Å²) in [4.78, 5) is 27.2. The molecule has 2 bridgehead atoms. The molecule has 3 heterocycles. The van der Waals surface area contributed by atoms with Gasteiger partial charge in [0.15, 0.2) is 5.75 Å². The highest BCUT2D eigenvalue weighted by atomic mass is 79.9. The average Bonchev–Trinajstić information content (AvgIpc) is 2.43. The Bertz CT molecular complexity index is 301. The molecule has 3 rings (SSSR count). The van der Waals surface area contributed by atoms with Crippen LogP contribution in [0, 0.1) is 0 Å². The lowest BCUT2D eigenvalue weighted by atomic mass is 10.4. The van der Waals surface area contributed by atoms with Crippen molar-refractivity contribution in [2.45, 2.75) is 0 Å². The van der Waals surface area contributed by atoms with Crippen LogP contribution in [0.3, 0.4) is 0 Å². The van der Waals surface area contributed by atoms with E-state index in [4.69, 9.17) is 0 Å². The highest BCUT2D eigenvalue weighted by Crippen LogP contribution is 2.12. The number of rotatable bonds is 1. The summed E-state index contributed by atoms with van der Waals surface area (Å²) in [5.41, 5.74) is 0. The van der Waals surface area contributed by atoms with Crippen molar-refractivity contribution < 1.29 is 9.59 Å². The molecule has 1 unspecified atom stereocenters. The van der Waals surface area contributed by atoms with Gasteiger partial charge in [0.25, 0.3) is 5.91 Å². The fraction of sp³-hybridized carbons (Fsp3) is 0.800. The summed E-state index contributed by atoms with van der Waals surface area (Å²) in [7, 11) is 0.205. The Balaban J connectivity index is 2.04. The van der Waals surface area contributed by atoms with Crippen LogP contribution >= 0.6 is 15.9 Å². The van der Waals surface area contributed by atoms with Gasteiger partial charge in [0, 0.05) is 24.0 Å². The van der Waals surface area contributed by atoms with E-state index in [0.717, 1.165) is 24.6 Å². The number of nitrogens with zero attached hydrogens (tertiary/aromatic N) is 2. The van der Waals surface area contributed by atoms with E-state index in [1.54, 1.807) is 0 Å². The highest BCUT2D eigenvalue weighted by molar-refractivity contribution is 9.09. The van der Waals surface area contributed by atoms with Crippen molar-refractivity contribution in [3.63, 3.8) is 0 Å². The minimum absolute atomic E-state index is 0.139. The van der Waals surface area contributed by atoms with Gasteiger partial charge in [-0.05, 0) is 0 Å². The minimum Gasteiger partial charge on any atom is -0.335 e. The molecule has 2 amide bonds. The quantitative estimate of drug-likeness (QED) is 0.492. The lowest BCUT2D eigenvalue weighted by molar-refractivity contribution is -0.131. The molecule has 0 aromatic heterocycles. The van der Waals surface area contributed by atoms with Gasteiger partial charge in [0.1, 0.15) is 11.5 Å². The second kappa shape index (κ2) is 5.40. The third-order valence-corrected chi connectivity index (χ3v) is 5.74. The van der Waals surface area contributed by atoms with Crippen LogP contribution in [-0.4, -0.2) is 70.4 Å². The summed E-state index contributed by atoms with van der Waals surface area (Å²) >= 11 is 3.20. The van der Waals surface area contributed by atoms with Gasteiger partial charge >= 0.3 is 0 Å². The van der Waals surface area contributed by atoms with Gasteiger partial charge in [-0.3, -0.25) is 9.59 Å². The van der Waals surface area contributed by atoms with Crippen molar-refractivity contribution in [2.24, 2.45) is 0 Å². The fourth-order valence-electron chi connectivity index (χ4n) is 2.04. The molecule has 3 aliphatic heterocycles. The minimum atomic E-state index is 0.139. The maximum absolute atomic E-state index is 11.7. The lowest BCUT2D eigenvalue weighted by Gasteiger charge is -2.25.